The van der Waals surface area contributed by atoms with Gasteiger partial charge in [0, 0.05) is 5.92 Å². The van der Waals surface area contributed by atoms with Gasteiger partial charge < -0.3 is 4.79 Å². The van der Waals surface area contributed by atoms with Crippen molar-refractivity contribution in [2.24, 2.45) is 28.6 Å². The lowest BCUT2D eigenvalue weighted by Gasteiger charge is -2.45. The monoisotopic (exact) mass is 252 g/mol. The fourth-order valence-electron chi connectivity index (χ4n) is 3.83. The standard InChI is InChI=1S/C17H32O/c1-13(2)8-7-9-14(3)17(6)11-10-15(12-18)16(17,4)5/h12-15H,7-11H2,1-6H3/t14?,15?,17-/m1/s1. The molecule has 1 saturated carbocycles. The molecule has 18 heavy (non-hydrogen) atoms. The van der Waals surface area contributed by atoms with Crippen molar-refractivity contribution in [3.05, 3.63) is 0 Å². The molecule has 0 heterocycles. The van der Waals surface area contributed by atoms with Gasteiger partial charge in [0.05, 0.1) is 0 Å². The summed E-state index contributed by atoms with van der Waals surface area (Å²) in [4.78, 5) is 11.2. The number of hydrogen-bond donors (Lipinski definition) is 0. The number of aldehydes is 1. The van der Waals surface area contributed by atoms with Crippen LogP contribution in [0.4, 0.5) is 0 Å². The molecule has 1 nitrogen and oxygen atoms in total. The van der Waals surface area contributed by atoms with Crippen LogP contribution in [0, 0.1) is 28.6 Å². The summed E-state index contributed by atoms with van der Waals surface area (Å²) >= 11 is 0. The van der Waals surface area contributed by atoms with Gasteiger partial charge in [-0.25, -0.2) is 0 Å². The van der Waals surface area contributed by atoms with Crippen molar-refractivity contribution < 1.29 is 4.79 Å². The van der Waals surface area contributed by atoms with Crippen molar-refractivity contribution in [3.8, 4) is 0 Å². The van der Waals surface area contributed by atoms with E-state index in [1.807, 2.05) is 0 Å². The summed E-state index contributed by atoms with van der Waals surface area (Å²) in [7, 11) is 0. The van der Waals surface area contributed by atoms with E-state index in [0.717, 1.165) is 18.3 Å². The lowest BCUT2D eigenvalue weighted by atomic mass is 9.59. The molecule has 1 heteroatoms. The maximum absolute atomic E-state index is 11.2. The highest BCUT2D eigenvalue weighted by atomic mass is 16.1. The molecule has 1 rings (SSSR count). The Morgan fingerprint density at radius 3 is 2.22 bits per heavy atom. The zero-order chi connectivity index (χ0) is 14.0. The molecule has 0 radical (unpaired) electrons. The molecule has 0 aliphatic heterocycles. The van der Waals surface area contributed by atoms with Gasteiger partial charge in [0.2, 0.25) is 0 Å². The van der Waals surface area contributed by atoms with E-state index < -0.39 is 0 Å². The zero-order valence-corrected chi connectivity index (χ0v) is 13.3. The van der Waals surface area contributed by atoms with Crippen molar-refractivity contribution >= 4 is 6.29 Å². The van der Waals surface area contributed by atoms with E-state index in [2.05, 4.69) is 41.5 Å². The molecule has 0 aromatic heterocycles. The van der Waals surface area contributed by atoms with Gasteiger partial charge in [-0.2, -0.15) is 0 Å². The van der Waals surface area contributed by atoms with Crippen LogP contribution in [-0.2, 0) is 4.79 Å². The molecule has 106 valence electrons. The van der Waals surface area contributed by atoms with Gasteiger partial charge in [-0.05, 0) is 35.5 Å². The molecular weight excluding hydrogens is 220 g/mol. The molecular formula is C17H32O. The van der Waals surface area contributed by atoms with E-state index in [4.69, 9.17) is 0 Å². The maximum atomic E-state index is 11.2. The lowest BCUT2D eigenvalue weighted by Crippen LogP contribution is -2.39. The Balaban J connectivity index is 2.66. The second-order valence-corrected chi connectivity index (χ2v) is 7.65. The van der Waals surface area contributed by atoms with E-state index in [0.29, 0.717) is 5.41 Å². The van der Waals surface area contributed by atoms with Crippen molar-refractivity contribution in [1.29, 1.82) is 0 Å². The Bertz CT molecular complexity index is 279. The summed E-state index contributed by atoms with van der Waals surface area (Å²) in [6, 6.07) is 0. The summed E-state index contributed by atoms with van der Waals surface area (Å²) in [6.07, 6.45) is 7.47. The Morgan fingerprint density at radius 2 is 1.78 bits per heavy atom. The van der Waals surface area contributed by atoms with Crippen molar-refractivity contribution in [2.45, 2.75) is 73.6 Å². The van der Waals surface area contributed by atoms with Crippen LogP contribution in [0.25, 0.3) is 0 Å². The molecule has 0 bridgehead atoms. The van der Waals surface area contributed by atoms with Gasteiger partial charge in [0.15, 0.2) is 0 Å². The topological polar surface area (TPSA) is 17.1 Å². The molecule has 0 aromatic carbocycles. The van der Waals surface area contributed by atoms with Gasteiger partial charge in [-0.1, -0.05) is 60.8 Å². The minimum atomic E-state index is 0.159. The van der Waals surface area contributed by atoms with Gasteiger partial charge in [0.25, 0.3) is 0 Å². The summed E-state index contributed by atoms with van der Waals surface area (Å²) in [6.45, 7) is 14.0. The van der Waals surface area contributed by atoms with Crippen molar-refractivity contribution in [3.63, 3.8) is 0 Å². The van der Waals surface area contributed by atoms with Crippen LogP contribution in [0.3, 0.4) is 0 Å². The van der Waals surface area contributed by atoms with Crippen LogP contribution in [0.2, 0.25) is 0 Å². The normalized spacial score (nSPS) is 32.7. The van der Waals surface area contributed by atoms with Crippen LogP contribution in [0.1, 0.15) is 73.6 Å². The third-order valence-corrected chi connectivity index (χ3v) is 6.04. The first-order valence-electron chi connectivity index (χ1n) is 7.71. The minimum absolute atomic E-state index is 0.159. The van der Waals surface area contributed by atoms with Gasteiger partial charge in [-0.3, -0.25) is 0 Å². The third-order valence-electron chi connectivity index (χ3n) is 6.04. The average Bonchev–Trinajstić information content (AvgIpc) is 2.50. The molecule has 1 aliphatic carbocycles. The van der Waals surface area contributed by atoms with Crippen molar-refractivity contribution in [1.82, 2.24) is 0 Å². The Hall–Kier alpha value is -0.330. The quantitative estimate of drug-likeness (QED) is 0.602. The highest BCUT2D eigenvalue weighted by molar-refractivity contribution is 5.56. The Labute approximate surface area is 114 Å². The molecule has 0 saturated heterocycles. The van der Waals surface area contributed by atoms with E-state index in [9.17, 15) is 4.79 Å². The van der Waals surface area contributed by atoms with Gasteiger partial charge >= 0.3 is 0 Å². The number of carbonyl (C=O) groups is 1. The first kappa shape index (κ1) is 15.7. The van der Waals surface area contributed by atoms with Crippen molar-refractivity contribution in [2.75, 3.05) is 0 Å². The second kappa shape index (κ2) is 5.75. The largest absolute Gasteiger partial charge is 0.303 e. The van der Waals surface area contributed by atoms with Crippen LogP contribution < -0.4 is 0 Å². The second-order valence-electron chi connectivity index (χ2n) is 7.65. The predicted molar refractivity (Wildman–Crippen MR) is 78.5 cm³/mol. The van der Waals surface area contributed by atoms with Crippen LogP contribution in [0.15, 0.2) is 0 Å². The molecule has 1 fully saturated rings. The number of hydrogen-bond acceptors (Lipinski definition) is 1. The predicted octanol–water partition coefficient (Wildman–Crippen LogP) is 5.09. The van der Waals surface area contributed by atoms with Crippen LogP contribution >= 0.6 is 0 Å². The summed E-state index contributed by atoms with van der Waals surface area (Å²) in [5.41, 5.74) is 0.488. The Morgan fingerprint density at radius 1 is 1.17 bits per heavy atom. The zero-order valence-electron chi connectivity index (χ0n) is 13.3. The molecule has 2 unspecified atom stereocenters. The summed E-state index contributed by atoms with van der Waals surface area (Å²) in [5.74, 6) is 1.79. The first-order chi connectivity index (χ1) is 8.25. The first-order valence-corrected chi connectivity index (χ1v) is 7.71. The minimum Gasteiger partial charge on any atom is -0.303 e. The van der Waals surface area contributed by atoms with Gasteiger partial charge in [-0.15, -0.1) is 0 Å². The molecule has 0 N–H and O–H groups in total. The summed E-state index contributed by atoms with van der Waals surface area (Å²) in [5, 5.41) is 0. The van der Waals surface area contributed by atoms with Crippen LogP contribution in [0.5, 0.6) is 0 Å². The Kier molecular flexibility index (Phi) is 5.03. The van der Waals surface area contributed by atoms with E-state index in [-0.39, 0.29) is 11.3 Å². The number of carbonyl (C=O) groups excluding carboxylic acids is 1. The molecule has 0 amide bonds. The van der Waals surface area contributed by atoms with E-state index in [1.54, 1.807) is 0 Å². The maximum Gasteiger partial charge on any atom is 0.123 e. The highest BCUT2D eigenvalue weighted by Crippen LogP contribution is 2.59. The van der Waals surface area contributed by atoms with Gasteiger partial charge in [0.1, 0.15) is 6.29 Å². The van der Waals surface area contributed by atoms with E-state index in [1.165, 1.54) is 32.0 Å². The molecule has 1 aliphatic rings. The smallest absolute Gasteiger partial charge is 0.123 e. The van der Waals surface area contributed by atoms with E-state index >= 15 is 0 Å². The average molecular weight is 252 g/mol. The molecule has 0 aromatic rings. The number of rotatable bonds is 6. The van der Waals surface area contributed by atoms with Crippen LogP contribution in [-0.4, -0.2) is 6.29 Å². The fourth-order valence-corrected chi connectivity index (χ4v) is 3.83. The molecule has 0 spiro atoms. The third kappa shape index (κ3) is 2.81. The fraction of sp³-hybridized carbons (Fsp3) is 0.941. The highest BCUT2D eigenvalue weighted by Gasteiger charge is 2.53. The molecule has 3 atom stereocenters. The lowest BCUT2D eigenvalue weighted by molar-refractivity contribution is -0.115. The summed E-state index contributed by atoms with van der Waals surface area (Å²) < 4.78 is 0. The SMILES string of the molecule is CC(C)CCCC(C)[C@@]1(C)CCC(C=O)C1(C)C.